The Labute approximate surface area is 175 Å². The molecule has 2 atom stereocenters. The van der Waals surface area contributed by atoms with Gasteiger partial charge in [-0.25, -0.2) is 13.0 Å². The van der Waals surface area contributed by atoms with E-state index < -0.39 is 82.5 Å². The molecule has 0 aliphatic carbocycles. The molecule has 206 valence electrons. The Bertz CT molecular complexity index is 675. The van der Waals surface area contributed by atoms with E-state index in [1.54, 1.807) is 0 Å². The van der Waals surface area contributed by atoms with E-state index in [-0.39, 0.29) is 0 Å². The summed E-state index contributed by atoms with van der Waals surface area (Å²) in [7, 11) is -7.07. The fourth-order valence-corrected chi connectivity index (χ4v) is 2.90. The van der Waals surface area contributed by atoms with E-state index in [0.717, 1.165) is 0 Å². The molecule has 0 saturated carbocycles. The van der Waals surface area contributed by atoms with Gasteiger partial charge < -0.3 is 0 Å². The van der Waals surface area contributed by atoms with Gasteiger partial charge in [-0.15, -0.1) is 0 Å². The molecule has 0 N–H and O–H groups in total. The van der Waals surface area contributed by atoms with Crippen LogP contribution in [0.5, 0.6) is 0 Å². The maximum absolute atomic E-state index is 13.5. The van der Waals surface area contributed by atoms with Crippen molar-refractivity contribution in [1.82, 2.24) is 0 Å². The summed E-state index contributed by atoms with van der Waals surface area (Å²) in [5.41, 5.74) is 0. The lowest BCUT2D eigenvalue weighted by atomic mass is 10.0. The summed E-state index contributed by atoms with van der Waals surface area (Å²) in [6.07, 6.45) is -30.5. The molecule has 22 heteroatoms. The van der Waals surface area contributed by atoms with Crippen molar-refractivity contribution < 1.29 is 92.0 Å². The molecule has 0 aliphatic heterocycles. The molecule has 0 saturated heterocycles. The second-order valence-electron chi connectivity index (χ2n) is 6.27. The van der Waals surface area contributed by atoms with Gasteiger partial charge in [-0.3, -0.25) is 0 Å². The van der Waals surface area contributed by atoms with Gasteiger partial charge >= 0.3 is 46.6 Å². The predicted octanol–water partition coefficient (Wildman–Crippen LogP) is 7.04. The molecule has 0 aromatic heterocycles. The molecule has 0 heterocycles. The third-order valence-corrected chi connectivity index (χ3v) is 5.09. The van der Waals surface area contributed by atoms with Gasteiger partial charge in [0.05, 0.1) is 12.8 Å². The Balaban J connectivity index is 6.43. The molecule has 0 radical (unpaired) electrons. The molecule has 0 spiro atoms. The average molecular weight is 578 g/mol. The minimum absolute atomic E-state index is 3.68. The molecule has 0 bridgehead atoms. The number of alkyl halides is 20. The first-order valence-electron chi connectivity index (χ1n) is 7.51. The van der Waals surface area contributed by atoms with Gasteiger partial charge in [0.15, 0.2) is 23.1 Å². The Hall–Kier alpha value is -1.25. The summed E-state index contributed by atoms with van der Waals surface area (Å²) in [5, 5.41) is -15.9. The van der Waals surface area contributed by atoms with Crippen LogP contribution in [0.25, 0.3) is 0 Å². The molecular formula is C12H6F20OS. The zero-order valence-electron chi connectivity index (χ0n) is 14.9. The van der Waals surface area contributed by atoms with E-state index in [1.165, 1.54) is 0 Å². The van der Waals surface area contributed by atoms with Crippen LogP contribution in [0.3, 0.4) is 0 Å². The van der Waals surface area contributed by atoms with Crippen LogP contribution in [-0.4, -0.2) is 63.1 Å². The molecule has 0 rings (SSSR count). The third kappa shape index (κ3) is 5.76. The highest BCUT2D eigenvalue weighted by Gasteiger charge is 2.86. The van der Waals surface area contributed by atoms with E-state index in [9.17, 15) is 92.0 Å². The van der Waals surface area contributed by atoms with Crippen molar-refractivity contribution in [3.8, 4) is 0 Å². The lowest BCUT2D eigenvalue weighted by Gasteiger charge is -2.38. The fraction of sp³-hybridized carbons (Fsp3) is 1.00. The van der Waals surface area contributed by atoms with Gasteiger partial charge in [0.2, 0.25) is 0 Å². The Morgan fingerprint density at radius 1 is 0.471 bits per heavy atom. The second kappa shape index (κ2) is 9.00. The van der Waals surface area contributed by atoms with Crippen LogP contribution in [0.15, 0.2) is 0 Å². The largest absolute Gasteiger partial charge is 0.395 e. The summed E-state index contributed by atoms with van der Waals surface area (Å²) >= 11 is 0. The van der Waals surface area contributed by atoms with E-state index in [4.69, 9.17) is 0 Å². The topological polar surface area (TPSA) is 17.1 Å². The van der Waals surface area contributed by atoms with Crippen molar-refractivity contribution in [2.24, 2.45) is 0 Å². The molecule has 0 fully saturated rings. The van der Waals surface area contributed by atoms with Crippen LogP contribution in [0, 0.1) is 0 Å². The van der Waals surface area contributed by atoms with Crippen LogP contribution in [0.4, 0.5) is 87.8 Å². The van der Waals surface area contributed by atoms with Crippen LogP contribution < -0.4 is 0 Å². The summed E-state index contributed by atoms with van der Waals surface area (Å²) < 4.78 is 268. The number of hydrogen-bond acceptors (Lipinski definition) is 1. The Morgan fingerprint density at radius 2 is 0.676 bits per heavy atom. The zero-order chi connectivity index (χ0) is 28.1. The predicted molar refractivity (Wildman–Crippen MR) is 69.0 cm³/mol. The van der Waals surface area contributed by atoms with Crippen molar-refractivity contribution in [2.75, 3.05) is 0 Å². The van der Waals surface area contributed by atoms with Crippen LogP contribution in [0.2, 0.25) is 0 Å². The highest BCUT2D eigenvalue weighted by Crippen LogP contribution is 2.58. The molecule has 34 heavy (non-hydrogen) atoms. The highest BCUT2D eigenvalue weighted by atomic mass is 32.2. The fourth-order valence-electron chi connectivity index (χ4n) is 1.84. The Kier molecular flexibility index (Phi) is 8.67. The lowest BCUT2D eigenvalue weighted by Crippen LogP contribution is -2.67. The van der Waals surface area contributed by atoms with Crippen molar-refractivity contribution in [1.29, 1.82) is 0 Å². The van der Waals surface area contributed by atoms with Crippen molar-refractivity contribution in [3.05, 3.63) is 0 Å². The first kappa shape index (κ1) is 32.8. The quantitative estimate of drug-likeness (QED) is 0.254. The maximum Gasteiger partial charge on any atom is 0.395 e. The van der Waals surface area contributed by atoms with E-state index >= 15 is 0 Å². The number of rotatable bonds is 10. The van der Waals surface area contributed by atoms with Crippen LogP contribution >= 0.6 is 0 Å². The summed E-state index contributed by atoms with van der Waals surface area (Å²) in [4.78, 5) is 0. The molecule has 2 unspecified atom stereocenters. The zero-order valence-corrected chi connectivity index (χ0v) is 15.8. The first-order valence-corrected chi connectivity index (χ1v) is 8.66. The average Bonchev–Trinajstić information content (AvgIpc) is 2.57. The first-order chi connectivity index (χ1) is 14.4. The minimum atomic E-state index is -7.99. The molecule has 1 nitrogen and oxygen atoms in total. The highest BCUT2D eigenvalue weighted by molar-refractivity contribution is 7.87. The van der Waals surface area contributed by atoms with Crippen molar-refractivity contribution in [3.63, 3.8) is 0 Å². The monoisotopic (exact) mass is 578 g/mol. The summed E-state index contributed by atoms with van der Waals surface area (Å²) in [6, 6.07) is 0. The van der Waals surface area contributed by atoms with Gasteiger partial charge in [0.25, 0.3) is 0 Å². The lowest BCUT2D eigenvalue weighted by molar-refractivity contribution is -0.318. The van der Waals surface area contributed by atoms with E-state index in [1.807, 2.05) is 0 Å². The number of hydrogen-bond donors (Lipinski definition) is 0. The van der Waals surface area contributed by atoms with E-state index in [0.29, 0.717) is 0 Å². The standard InChI is InChI=1S/C12H6F20OS/c13-3(1-5(15,16)17)7(21,22)9(25,26)11(29,30)34(33)12(31,32)10(27,28)8(23,24)4(14)2-6(18,19)20/h3-4H,1-2H2. The second-order valence-corrected chi connectivity index (χ2v) is 7.83. The normalized spacial score (nSPS) is 18.6. The summed E-state index contributed by atoms with van der Waals surface area (Å²) in [5.74, 6) is -30.8. The summed E-state index contributed by atoms with van der Waals surface area (Å²) in [6.45, 7) is 0. The third-order valence-electron chi connectivity index (χ3n) is 3.64. The molecular weight excluding hydrogens is 572 g/mol. The molecule has 0 aromatic rings. The van der Waals surface area contributed by atoms with Crippen molar-refractivity contribution >= 4 is 10.8 Å². The van der Waals surface area contributed by atoms with Gasteiger partial charge in [-0.2, -0.15) is 79.0 Å². The van der Waals surface area contributed by atoms with Gasteiger partial charge in [0, 0.05) is 0 Å². The smallest absolute Gasteiger partial charge is 0.247 e. The van der Waals surface area contributed by atoms with Gasteiger partial charge in [0.1, 0.15) is 0 Å². The molecule has 0 amide bonds. The minimum Gasteiger partial charge on any atom is -0.247 e. The van der Waals surface area contributed by atoms with Gasteiger partial charge in [-0.05, 0) is 0 Å². The van der Waals surface area contributed by atoms with Crippen LogP contribution in [0.1, 0.15) is 12.8 Å². The van der Waals surface area contributed by atoms with Crippen molar-refractivity contribution in [2.45, 2.75) is 71.7 Å². The van der Waals surface area contributed by atoms with E-state index in [2.05, 4.69) is 0 Å². The Morgan fingerprint density at radius 3 is 0.853 bits per heavy atom. The maximum atomic E-state index is 13.5. The SMILES string of the molecule is O=S(C(F)(F)C(F)(F)C(F)(F)C(F)CC(F)(F)F)C(F)(F)C(F)(F)C(F)(F)C(F)CC(F)(F)F. The van der Waals surface area contributed by atoms with Crippen LogP contribution in [-0.2, 0) is 10.8 Å². The van der Waals surface area contributed by atoms with Gasteiger partial charge in [-0.1, -0.05) is 0 Å². The number of halogens is 20. The molecule has 0 aliphatic rings. The molecule has 0 aromatic carbocycles.